The number of hydrogen-bond donors (Lipinski definition) is 0. The molecule has 0 unspecified atom stereocenters. The number of carbonyl (C=O) groups excluding carboxylic acids is 2. The van der Waals surface area contributed by atoms with Crippen LogP contribution in [0.5, 0.6) is 5.75 Å². The molecule has 0 spiro atoms. The number of carbonyl (C=O) groups is 2. The van der Waals surface area contributed by atoms with E-state index in [9.17, 15) is 22.8 Å². The highest BCUT2D eigenvalue weighted by atomic mass is 19.4. The molecule has 0 N–H and O–H groups in total. The summed E-state index contributed by atoms with van der Waals surface area (Å²) in [6.07, 6.45) is -4.63. The maximum atomic E-state index is 13.9. The second kappa shape index (κ2) is 10.9. The Bertz CT molecular complexity index is 1220. The first-order valence-corrected chi connectivity index (χ1v) is 13.3. The molecule has 2 aromatic carbocycles. The van der Waals surface area contributed by atoms with Crippen molar-refractivity contribution in [2.45, 2.75) is 25.6 Å². The molecule has 8 nitrogen and oxygen atoms in total. The van der Waals surface area contributed by atoms with Crippen LogP contribution >= 0.6 is 0 Å². The number of nitrogens with zero attached hydrogens (tertiary/aromatic N) is 4. The van der Waals surface area contributed by atoms with E-state index < -0.39 is 23.8 Å². The van der Waals surface area contributed by atoms with E-state index in [0.717, 1.165) is 23.2 Å². The SMILES string of the molecule is CCOC(=O)N1CCN(C(=O)[C@H]2Cc3cc(C(F)(F)F)ccc3N3CCN(c4cccc(OC)c4)C[C@@H]23)CC1. The maximum absolute atomic E-state index is 13.9. The molecule has 2 fully saturated rings. The van der Waals surface area contributed by atoms with E-state index >= 15 is 0 Å². The molecule has 2 atom stereocenters. The van der Waals surface area contributed by atoms with Crippen LogP contribution in [0.2, 0.25) is 0 Å². The fourth-order valence-corrected chi connectivity index (χ4v) is 5.88. The van der Waals surface area contributed by atoms with Gasteiger partial charge in [-0.1, -0.05) is 6.07 Å². The van der Waals surface area contributed by atoms with Gasteiger partial charge in [0, 0.05) is 63.3 Å². The molecule has 3 aliphatic heterocycles. The number of ether oxygens (including phenoxy) is 2. The first kappa shape index (κ1) is 27.0. The Labute approximate surface area is 225 Å². The highest BCUT2D eigenvalue weighted by molar-refractivity contribution is 5.83. The molecule has 39 heavy (non-hydrogen) atoms. The first-order chi connectivity index (χ1) is 18.7. The molecule has 2 amide bonds. The molecule has 2 aromatic rings. The lowest BCUT2D eigenvalue weighted by molar-refractivity contribution is -0.138. The van der Waals surface area contributed by atoms with Crippen LogP contribution in [0.15, 0.2) is 42.5 Å². The van der Waals surface area contributed by atoms with Crippen molar-refractivity contribution in [1.82, 2.24) is 9.80 Å². The Morgan fingerprint density at radius 2 is 1.72 bits per heavy atom. The van der Waals surface area contributed by atoms with Crippen molar-refractivity contribution in [3.8, 4) is 5.75 Å². The van der Waals surface area contributed by atoms with Gasteiger partial charge in [0.25, 0.3) is 0 Å². The first-order valence-electron chi connectivity index (χ1n) is 13.3. The zero-order chi connectivity index (χ0) is 27.7. The van der Waals surface area contributed by atoms with E-state index in [2.05, 4.69) is 9.80 Å². The molecule has 0 saturated carbocycles. The molecular formula is C28H33F3N4O4. The minimum atomic E-state index is -4.46. The predicted molar refractivity (Wildman–Crippen MR) is 140 cm³/mol. The van der Waals surface area contributed by atoms with Gasteiger partial charge >= 0.3 is 12.3 Å². The van der Waals surface area contributed by atoms with Crippen molar-refractivity contribution in [3.63, 3.8) is 0 Å². The normalized spacial score (nSPS) is 21.3. The summed E-state index contributed by atoms with van der Waals surface area (Å²) in [5, 5.41) is 0. The van der Waals surface area contributed by atoms with Crippen LogP contribution in [0.25, 0.3) is 0 Å². The van der Waals surface area contributed by atoms with E-state index in [4.69, 9.17) is 9.47 Å². The summed E-state index contributed by atoms with van der Waals surface area (Å²) in [6.45, 7) is 5.23. The number of methoxy groups -OCH3 is 1. The summed E-state index contributed by atoms with van der Waals surface area (Å²) in [4.78, 5) is 33.7. The fourth-order valence-electron chi connectivity index (χ4n) is 5.88. The third kappa shape index (κ3) is 5.44. The van der Waals surface area contributed by atoms with E-state index in [0.29, 0.717) is 51.4 Å². The summed E-state index contributed by atoms with van der Waals surface area (Å²) in [7, 11) is 1.61. The Morgan fingerprint density at radius 1 is 0.974 bits per heavy atom. The van der Waals surface area contributed by atoms with Crippen molar-refractivity contribution in [1.29, 1.82) is 0 Å². The average molecular weight is 547 g/mol. The van der Waals surface area contributed by atoms with E-state index in [-0.39, 0.29) is 25.0 Å². The van der Waals surface area contributed by atoms with Gasteiger partial charge in [0.15, 0.2) is 0 Å². The van der Waals surface area contributed by atoms with Crippen molar-refractivity contribution in [2.24, 2.45) is 5.92 Å². The number of benzene rings is 2. The fraction of sp³-hybridized carbons (Fsp3) is 0.500. The third-order valence-electron chi connectivity index (χ3n) is 7.89. The van der Waals surface area contributed by atoms with Crippen LogP contribution in [0.3, 0.4) is 0 Å². The Kier molecular flexibility index (Phi) is 7.51. The smallest absolute Gasteiger partial charge is 0.416 e. The molecule has 210 valence electrons. The second-order valence-electron chi connectivity index (χ2n) is 10.1. The van der Waals surface area contributed by atoms with Gasteiger partial charge in [0.2, 0.25) is 5.91 Å². The number of hydrogen-bond acceptors (Lipinski definition) is 6. The molecule has 5 rings (SSSR count). The van der Waals surface area contributed by atoms with Gasteiger partial charge in [-0.25, -0.2) is 4.79 Å². The van der Waals surface area contributed by atoms with Crippen LogP contribution in [0.1, 0.15) is 18.1 Å². The van der Waals surface area contributed by atoms with Crippen molar-refractivity contribution >= 4 is 23.4 Å². The molecule has 2 saturated heterocycles. The molecule has 11 heteroatoms. The maximum Gasteiger partial charge on any atom is 0.416 e. The number of anilines is 2. The number of piperazine rings is 2. The largest absolute Gasteiger partial charge is 0.497 e. The zero-order valence-electron chi connectivity index (χ0n) is 22.1. The highest BCUT2D eigenvalue weighted by Crippen LogP contribution is 2.41. The monoisotopic (exact) mass is 546 g/mol. The number of halogens is 3. The summed E-state index contributed by atoms with van der Waals surface area (Å²) < 4.78 is 51.1. The number of amides is 2. The topological polar surface area (TPSA) is 65.6 Å². The van der Waals surface area contributed by atoms with Crippen LogP contribution in [-0.4, -0.2) is 87.4 Å². The quantitative estimate of drug-likeness (QED) is 0.580. The lowest BCUT2D eigenvalue weighted by Crippen LogP contribution is -2.62. The molecule has 3 aliphatic rings. The Hall–Kier alpha value is -3.63. The van der Waals surface area contributed by atoms with Gasteiger partial charge < -0.3 is 29.1 Å². The third-order valence-corrected chi connectivity index (χ3v) is 7.89. The van der Waals surface area contributed by atoms with Gasteiger partial charge in [-0.05, 0) is 49.2 Å². The van der Waals surface area contributed by atoms with Crippen molar-refractivity contribution in [2.75, 3.05) is 69.3 Å². The van der Waals surface area contributed by atoms with Crippen LogP contribution < -0.4 is 14.5 Å². The standard InChI is InChI=1S/C28H33F3N4O4/c1-3-39-27(37)33-11-9-32(10-12-33)26(36)23-16-19-15-20(28(29,30)31)7-8-24(19)35-14-13-34(18-25(23)35)21-5-4-6-22(17-21)38-2/h4-8,15,17,23,25H,3,9-14,16,18H2,1-2H3/t23-,25-/m0/s1. The summed E-state index contributed by atoms with van der Waals surface area (Å²) in [5.41, 5.74) is 1.57. The molecular weight excluding hydrogens is 513 g/mol. The summed E-state index contributed by atoms with van der Waals surface area (Å²) in [5.74, 6) is 0.114. The molecule has 0 radical (unpaired) electrons. The number of fused-ring (bicyclic) bond motifs is 3. The summed E-state index contributed by atoms with van der Waals surface area (Å²) in [6, 6.07) is 11.4. The molecule has 0 aromatic heterocycles. The second-order valence-corrected chi connectivity index (χ2v) is 10.1. The van der Waals surface area contributed by atoms with Gasteiger partial charge in [-0.15, -0.1) is 0 Å². The lowest BCUT2D eigenvalue weighted by atomic mass is 9.82. The minimum absolute atomic E-state index is 0.0935. The Balaban J connectivity index is 1.42. The predicted octanol–water partition coefficient (Wildman–Crippen LogP) is 3.88. The van der Waals surface area contributed by atoms with E-state index in [1.807, 2.05) is 24.3 Å². The molecule has 3 heterocycles. The average Bonchev–Trinajstić information content (AvgIpc) is 2.95. The van der Waals surface area contributed by atoms with Crippen LogP contribution in [-0.2, 0) is 22.1 Å². The highest BCUT2D eigenvalue weighted by Gasteiger charge is 2.44. The minimum Gasteiger partial charge on any atom is -0.497 e. The zero-order valence-corrected chi connectivity index (χ0v) is 22.1. The lowest BCUT2D eigenvalue weighted by Gasteiger charge is -2.50. The van der Waals surface area contributed by atoms with Crippen molar-refractivity contribution < 1.29 is 32.2 Å². The van der Waals surface area contributed by atoms with Gasteiger partial charge in [-0.3, -0.25) is 4.79 Å². The van der Waals surface area contributed by atoms with E-state index in [1.165, 1.54) is 6.07 Å². The summed E-state index contributed by atoms with van der Waals surface area (Å²) >= 11 is 0. The van der Waals surface area contributed by atoms with Crippen LogP contribution in [0.4, 0.5) is 29.3 Å². The van der Waals surface area contributed by atoms with Gasteiger partial charge in [0.05, 0.1) is 31.2 Å². The van der Waals surface area contributed by atoms with Crippen molar-refractivity contribution in [3.05, 3.63) is 53.6 Å². The van der Waals surface area contributed by atoms with Gasteiger partial charge in [0.1, 0.15) is 5.75 Å². The van der Waals surface area contributed by atoms with Gasteiger partial charge in [-0.2, -0.15) is 13.2 Å². The van der Waals surface area contributed by atoms with E-state index in [1.54, 1.807) is 29.9 Å². The van der Waals surface area contributed by atoms with Crippen LogP contribution in [0, 0.1) is 5.92 Å². The number of rotatable bonds is 4. The number of alkyl halides is 3. The molecule has 0 aliphatic carbocycles. The molecule has 0 bridgehead atoms. The Morgan fingerprint density at radius 3 is 2.41 bits per heavy atom.